The first-order chi connectivity index (χ1) is 7.99. The SMILES string of the molecule is Cn1c(=O)c2c(n(CCO)c1=O)[n+](C)cn2C.[I-]. The second kappa shape index (κ2) is 5.22. The van der Waals surface area contributed by atoms with Crippen LogP contribution in [0.1, 0.15) is 0 Å². The maximum atomic E-state index is 12.0. The molecular formula is C10H15IN4O3. The number of rotatable bonds is 2. The van der Waals surface area contributed by atoms with Gasteiger partial charge in [-0.05, 0) is 0 Å². The molecule has 0 unspecified atom stereocenters. The number of halogens is 1. The average molecular weight is 366 g/mol. The van der Waals surface area contributed by atoms with Crippen LogP contribution in [0, 0.1) is 0 Å². The molecule has 0 radical (unpaired) electrons. The Morgan fingerprint density at radius 1 is 1.33 bits per heavy atom. The predicted molar refractivity (Wildman–Crippen MR) is 60.7 cm³/mol. The van der Waals surface area contributed by atoms with Crippen molar-refractivity contribution in [1.29, 1.82) is 0 Å². The Bertz CT molecular complexity index is 698. The minimum atomic E-state index is -0.418. The largest absolute Gasteiger partial charge is 1.00 e. The molecule has 0 fully saturated rings. The van der Waals surface area contributed by atoms with Gasteiger partial charge in [0.25, 0.3) is 5.65 Å². The molecule has 2 rings (SSSR count). The molecule has 0 aromatic carbocycles. The zero-order valence-electron chi connectivity index (χ0n) is 10.4. The van der Waals surface area contributed by atoms with Crippen molar-refractivity contribution >= 4 is 11.2 Å². The summed E-state index contributed by atoms with van der Waals surface area (Å²) in [6, 6.07) is 0. The maximum absolute atomic E-state index is 12.0. The minimum Gasteiger partial charge on any atom is -1.00 e. The molecule has 0 aliphatic heterocycles. The summed E-state index contributed by atoms with van der Waals surface area (Å²) < 4.78 is 5.83. The van der Waals surface area contributed by atoms with Gasteiger partial charge < -0.3 is 29.1 Å². The van der Waals surface area contributed by atoms with Crippen LogP contribution < -0.4 is 39.8 Å². The first-order valence-electron chi connectivity index (χ1n) is 5.24. The van der Waals surface area contributed by atoms with Crippen LogP contribution in [0.25, 0.3) is 11.2 Å². The van der Waals surface area contributed by atoms with E-state index in [1.807, 2.05) is 0 Å². The lowest BCUT2D eigenvalue weighted by Crippen LogP contribution is -3.00. The second-order valence-electron chi connectivity index (χ2n) is 4.03. The number of imidazole rings is 1. The van der Waals surface area contributed by atoms with Gasteiger partial charge in [-0.1, -0.05) is 0 Å². The molecule has 0 saturated carbocycles. The van der Waals surface area contributed by atoms with Gasteiger partial charge >= 0.3 is 11.2 Å². The number of hydrogen-bond acceptors (Lipinski definition) is 3. The van der Waals surface area contributed by atoms with E-state index in [-0.39, 0.29) is 42.7 Å². The summed E-state index contributed by atoms with van der Waals surface area (Å²) in [6.07, 6.45) is 1.72. The molecule has 0 bridgehead atoms. The van der Waals surface area contributed by atoms with Crippen molar-refractivity contribution in [2.45, 2.75) is 6.54 Å². The summed E-state index contributed by atoms with van der Waals surface area (Å²) in [7, 11) is 4.94. The lowest BCUT2D eigenvalue weighted by molar-refractivity contribution is -0.648. The van der Waals surface area contributed by atoms with Crippen LogP contribution in [0.4, 0.5) is 0 Å². The summed E-state index contributed by atoms with van der Waals surface area (Å²) >= 11 is 0. The Balaban J connectivity index is 0.00000162. The van der Waals surface area contributed by atoms with E-state index < -0.39 is 5.69 Å². The van der Waals surface area contributed by atoms with Crippen LogP contribution in [0.15, 0.2) is 15.9 Å². The van der Waals surface area contributed by atoms with E-state index in [9.17, 15) is 9.59 Å². The summed E-state index contributed by atoms with van der Waals surface area (Å²) in [5.41, 5.74) is 0.221. The topological polar surface area (TPSA) is 73.0 Å². The van der Waals surface area contributed by atoms with Gasteiger partial charge in [0.15, 0.2) is 6.33 Å². The fraction of sp³-hybridized carbons (Fsp3) is 0.500. The molecule has 0 amide bonds. The van der Waals surface area contributed by atoms with Crippen LogP contribution in [-0.2, 0) is 27.7 Å². The van der Waals surface area contributed by atoms with Crippen molar-refractivity contribution < 1.29 is 33.7 Å². The highest BCUT2D eigenvalue weighted by Crippen LogP contribution is 2.01. The molecule has 8 heteroatoms. The fourth-order valence-electron chi connectivity index (χ4n) is 2.08. The Morgan fingerprint density at radius 2 is 1.94 bits per heavy atom. The fourth-order valence-corrected chi connectivity index (χ4v) is 2.08. The molecule has 18 heavy (non-hydrogen) atoms. The van der Waals surface area contributed by atoms with E-state index in [2.05, 4.69) is 0 Å². The van der Waals surface area contributed by atoms with E-state index in [0.29, 0.717) is 11.2 Å². The third-order valence-corrected chi connectivity index (χ3v) is 2.85. The van der Waals surface area contributed by atoms with E-state index in [1.54, 1.807) is 29.6 Å². The van der Waals surface area contributed by atoms with Gasteiger partial charge in [-0.25, -0.2) is 18.5 Å². The number of nitrogens with zero attached hydrogens (tertiary/aromatic N) is 4. The summed E-state index contributed by atoms with van der Waals surface area (Å²) in [4.78, 5) is 23.9. The average Bonchev–Trinajstić information content (AvgIpc) is 2.57. The Morgan fingerprint density at radius 3 is 2.50 bits per heavy atom. The van der Waals surface area contributed by atoms with E-state index in [1.165, 1.54) is 11.6 Å². The number of hydrogen-bond donors (Lipinski definition) is 1. The van der Waals surface area contributed by atoms with Crippen molar-refractivity contribution in [2.24, 2.45) is 21.1 Å². The van der Waals surface area contributed by atoms with Gasteiger partial charge in [0.05, 0.1) is 27.2 Å². The van der Waals surface area contributed by atoms with Gasteiger partial charge in [0.2, 0.25) is 5.52 Å². The Hall–Kier alpha value is -1.16. The van der Waals surface area contributed by atoms with Gasteiger partial charge in [-0.2, -0.15) is 0 Å². The molecule has 2 aromatic rings. The summed E-state index contributed by atoms with van der Waals surface area (Å²) in [5, 5.41) is 9.00. The van der Waals surface area contributed by atoms with Gasteiger partial charge in [0, 0.05) is 7.05 Å². The maximum Gasteiger partial charge on any atom is 0.389 e. The van der Waals surface area contributed by atoms with Crippen molar-refractivity contribution in [1.82, 2.24) is 13.7 Å². The molecule has 1 N–H and O–H groups in total. The molecule has 0 aliphatic carbocycles. The quantitative estimate of drug-likeness (QED) is 0.427. The van der Waals surface area contributed by atoms with Crippen LogP contribution in [0.3, 0.4) is 0 Å². The zero-order chi connectivity index (χ0) is 12.7. The van der Waals surface area contributed by atoms with Crippen LogP contribution in [0.2, 0.25) is 0 Å². The van der Waals surface area contributed by atoms with Crippen LogP contribution in [0.5, 0.6) is 0 Å². The molecule has 2 aromatic heterocycles. The number of aromatic nitrogens is 4. The van der Waals surface area contributed by atoms with Crippen molar-refractivity contribution in [3.8, 4) is 0 Å². The third kappa shape index (κ3) is 1.99. The monoisotopic (exact) mass is 366 g/mol. The normalized spacial score (nSPS) is 10.7. The van der Waals surface area contributed by atoms with Crippen LogP contribution in [-0.4, -0.2) is 25.4 Å². The van der Waals surface area contributed by atoms with E-state index in [0.717, 1.165) is 4.57 Å². The van der Waals surface area contributed by atoms with E-state index in [4.69, 9.17) is 5.11 Å². The highest BCUT2D eigenvalue weighted by atomic mass is 127. The number of aliphatic hydroxyl groups excluding tert-OH is 1. The molecule has 100 valence electrons. The van der Waals surface area contributed by atoms with Crippen molar-refractivity contribution in [3.05, 3.63) is 27.2 Å². The number of aliphatic hydroxyl groups is 1. The standard InChI is InChI=1S/C10H15N4O3.HI/c1-11-6-12(2)8-7(11)9(16)13(3)10(17)14(8)4-5-15;/h6,15H,4-5H2,1-3H3;1H/q+1;/p-1. The van der Waals surface area contributed by atoms with Crippen molar-refractivity contribution in [2.75, 3.05) is 6.61 Å². The van der Waals surface area contributed by atoms with Crippen molar-refractivity contribution in [3.63, 3.8) is 0 Å². The number of aryl methyl sites for hydroxylation is 2. The zero-order valence-corrected chi connectivity index (χ0v) is 12.6. The second-order valence-corrected chi connectivity index (χ2v) is 4.03. The molecule has 0 spiro atoms. The van der Waals surface area contributed by atoms with Crippen LogP contribution >= 0.6 is 0 Å². The van der Waals surface area contributed by atoms with Gasteiger partial charge in [-0.3, -0.25) is 9.36 Å². The lowest BCUT2D eigenvalue weighted by Gasteiger charge is -2.03. The molecule has 7 nitrogen and oxygen atoms in total. The molecular weight excluding hydrogens is 351 g/mol. The molecule has 0 saturated heterocycles. The highest BCUT2D eigenvalue weighted by molar-refractivity contribution is 5.66. The van der Waals surface area contributed by atoms with Gasteiger partial charge in [-0.15, -0.1) is 0 Å². The van der Waals surface area contributed by atoms with Gasteiger partial charge in [0.1, 0.15) is 0 Å². The summed E-state index contributed by atoms with van der Waals surface area (Å²) in [6.45, 7) is 0.0173. The molecule has 0 aliphatic rings. The smallest absolute Gasteiger partial charge is 0.389 e. The lowest BCUT2D eigenvalue weighted by atomic mass is 10.5. The Labute approximate surface area is 120 Å². The minimum absolute atomic E-state index is 0. The number of fused-ring (bicyclic) bond motifs is 1. The highest BCUT2D eigenvalue weighted by Gasteiger charge is 2.22. The molecule has 0 atom stereocenters. The summed E-state index contributed by atoms with van der Waals surface area (Å²) in [5.74, 6) is 0. The Kier molecular flexibility index (Phi) is 4.32. The first kappa shape index (κ1) is 14.9. The first-order valence-corrected chi connectivity index (χ1v) is 5.24. The van der Waals surface area contributed by atoms with E-state index >= 15 is 0 Å². The third-order valence-electron chi connectivity index (χ3n) is 2.85. The predicted octanol–water partition coefficient (Wildman–Crippen LogP) is -5.14. The molecule has 2 heterocycles.